The topological polar surface area (TPSA) is 38.8 Å². The Balaban J connectivity index is 0.00000151. The fourth-order valence-electron chi connectivity index (χ4n) is 2.78. The van der Waals surface area contributed by atoms with E-state index in [0.717, 1.165) is 24.2 Å². The van der Waals surface area contributed by atoms with Crippen molar-refractivity contribution in [2.45, 2.75) is 59.0 Å². The highest BCUT2D eigenvalue weighted by atomic mass is 35.5. The molecule has 0 saturated carbocycles. The van der Waals surface area contributed by atoms with Gasteiger partial charge in [-0.05, 0) is 51.7 Å². The molecule has 1 aliphatic rings. The minimum absolute atomic E-state index is 0.217. The number of carbonyl (C=O) groups is 1. The molecule has 142 valence electrons. The van der Waals surface area contributed by atoms with Gasteiger partial charge in [0, 0.05) is 18.7 Å². The van der Waals surface area contributed by atoms with Gasteiger partial charge in [0.25, 0.3) is 0 Å². The van der Waals surface area contributed by atoms with Crippen molar-refractivity contribution in [3.8, 4) is 5.75 Å². The monoisotopic (exact) mass is 389 g/mol. The van der Waals surface area contributed by atoms with Crippen molar-refractivity contribution in [3.63, 3.8) is 0 Å². The zero-order valence-electron chi connectivity index (χ0n) is 16.0. The molecule has 0 atom stereocenters. The van der Waals surface area contributed by atoms with E-state index >= 15 is 0 Å². The third-order valence-corrected chi connectivity index (χ3v) is 4.69. The first kappa shape index (κ1) is 21.9. The Hall–Kier alpha value is -1.13. The highest BCUT2D eigenvalue weighted by Crippen LogP contribution is 2.42. The lowest BCUT2D eigenvalue weighted by molar-refractivity contribution is 0.0204. The van der Waals surface area contributed by atoms with E-state index in [2.05, 4.69) is 0 Å². The van der Waals surface area contributed by atoms with E-state index < -0.39 is 5.60 Å². The summed E-state index contributed by atoms with van der Waals surface area (Å²) in [6, 6.07) is 3.58. The first-order chi connectivity index (χ1) is 11.7. The van der Waals surface area contributed by atoms with Crippen LogP contribution < -0.4 is 4.74 Å². The van der Waals surface area contributed by atoms with Gasteiger partial charge in [0.1, 0.15) is 11.4 Å². The maximum atomic E-state index is 12.1. The maximum Gasteiger partial charge on any atom is 0.410 e. The van der Waals surface area contributed by atoms with Crippen LogP contribution in [0.25, 0.3) is 0 Å². The number of carbonyl (C=O) groups excluding carboxylic acids is 1. The molecule has 1 amide bonds. The van der Waals surface area contributed by atoms with Crippen LogP contribution in [0.1, 0.15) is 58.9 Å². The lowest BCUT2D eigenvalue weighted by Crippen LogP contribution is -2.41. The molecule has 2 rings (SSSR count). The zero-order chi connectivity index (χ0) is 19.2. The molecule has 25 heavy (non-hydrogen) atoms. The number of halogens is 2. The number of likely N-dealkylation sites (tertiary alicyclic amines) is 1. The Morgan fingerprint density at radius 2 is 1.72 bits per heavy atom. The number of methoxy groups -OCH3 is 1. The molecule has 1 fully saturated rings. The van der Waals surface area contributed by atoms with E-state index in [0.29, 0.717) is 23.1 Å². The first-order valence-electron chi connectivity index (χ1n) is 8.72. The van der Waals surface area contributed by atoms with Gasteiger partial charge in [-0.3, -0.25) is 0 Å². The standard InChI is InChI=1S/C17H23Cl2NO3.C2H6/c1-17(2,3)23-16(21)20-9-7-11(8-10-20)14-13(22-4)6-5-12(18)15(14)19;1-2/h5-6,11H,7-10H2,1-4H3;1-2H3. The summed E-state index contributed by atoms with van der Waals surface area (Å²) < 4.78 is 10.8. The van der Waals surface area contributed by atoms with Gasteiger partial charge in [-0.1, -0.05) is 37.0 Å². The van der Waals surface area contributed by atoms with E-state index in [9.17, 15) is 4.79 Å². The van der Waals surface area contributed by atoms with E-state index in [4.69, 9.17) is 32.7 Å². The van der Waals surface area contributed by atoms with Gasteiger partial charge in [-0.2, -0.15) is 0 Å². The van der Waals surface area contributed by atoms with Crippen LogP contribution in [0.3, 0.4) is 0 Å². The second-order valence-corrected chi connectivity index (χ2v) is 7.50. The van der Waals surface area contributed by atoms with E-state index in [1.807, 2.05) is 40.7 Å². The SMILES string of the molecule is CC.COc1ccc(Cl)c(Cl)c1C1CCN(C(=O)OC(C)(C)C)CC1. The lowest BCUT2D eigenvalue weighted by atomic mass is 9.89. The number of amides is 1. The largest absolute Gasteiger partial charge is 0.496 e. The third kappa shape index (κ3) is 5.96. The van der Waals surface area contributed by atoms with Crippen LogP contribution in [0, 0.1) is 0 Å². The molecule has 1 aliphatic heterocycles. The number of benzene rings is 1. The van der Waals surface area contributed by atoms with E-state index in [1.54, 1.807) is 18.1 Å². The van der Waals surface area contributed by atoms with Crippen molar-refractivity contribution in [1.82, 2.24) is 4.90 Å². The molecular weight excluding hydrogens is 361 g/mol. The van der Waals surface area contributed by atoms with Crippen LogP contribution in [0.5, 0.6) is 5.75 Å². The summed E-state index contributed by atoms with van der Waals surface area (Å²) in [5, 5.41) is 1.07. The summed E-state index contributed by atoms with van der Waals surface area (Å²) in [4.78, 5) is 13.9. The van der Waals surface area contributed by atoms with E-state index in [1.165, 1.54) is 0 Å². The summed E-state index contributed by atoms with van der Waals surface area (Å²) in [5.41, 5.74) is 0.457. The molecule has 1 saturated heterocycles. The zero-order valence-corrected chi connectivity index (χ0v) is 17.5. The summed E-state index contributed by atoms with van der Waals surface area (Å²) in [7, 11) is 1.62. The maximum absolute atomic E-state index is 12.1. The molecule has 1 heterocycles. The van der Waals surface area contributed by atoms with Crippen LogP contribution in [-0.4, -0.2) is 36.8 Å². The molecule has 0 spiro atoms. The third-order valence-electron chi connectivity index (χ3n) is 3.87. The van der Waals surface area contributed by atoms with Crippen LogP contribution >= 0.6 is 23.2 Å². The molecule has 6 heteroatoms. The highest BCUT2D eigenvalue weighted by molar-refractivity contribution is 6.42. The summed E-state index contributed by atoms with van der Waals surface area (Å²) in [6.45, 7) is 10.9. The Labute approximate surface area is 161 Å². The number of ether oxygens (including phenoxy) is 2. The fourth-order valence-corrected chi connectivity index (χ4v) is 3.26. The van der Waals surface area contributed by atoms with Crippen molar-refractivity contribution in [1.29, 1.82) is 0 Å². The normalized spacial score (nSPS) is 15.3. The minimum Gasteiger partial charge on any atom is -0.496 e. The molecule has 4 nitrogen and oxygen atoms in total. The number of hydrogen-bond donors (Lipinski definition) is 0. The van der Waals surface area contributed by atoms with Crippen molar-refractivity contribution < 1.29 is 14.3 Å². The molecule has 1 aromatic carbocycles. The van der Waals surface area contributed by atoms with Gasteiger partial charge >= 0.3 is 6.09 Å². The Morgan fingerprint density at radius 1 is 1.16 bits per heavy atom. The van der Waals surface area contributed by atoms with Crippen molar-refractivity contribution in [2.75, 3.05) is 20.2 Å². The van der Waals surface area contributed by atoms with E-state index in [-0.39, 0.29) is 12.0 Å². The molecule has 0 N–H and O–H groups in total. The molecule has 0 aromatic heterocycles. The van der Waals surface area contributed by atoms with Gasteiger partial charge in [0.15, 0.2) is 0 Å². The molecular formula is C19H29Cl2NO3. The Morgan fingerprint density at radius 3 is 2.20 bits per heavy atom. The van der Waals surface area contributed by atoms with Gasteiger partial charge in [-0.25, -0.2) is 4.79 Å². The molecule has 1 aromatic rings. The van der Waals surface area contributed by atoms with Crippen LogP contribution in [-0.2, 0) is 4.74 Å². The molecule has 0 aliphatic carbocycles. The van der Waals surface area contributed by atoms with Gasteiger partial charge in [-0.15, -0.1) is 0 Å². The predicted octanol–water partition coefficient (Wildman–Crippen LogP) is 6.14. The quantitative estimate of drug-likeness (QED) is 0.609. The number of rotatable bonds is 2. The summed E-state index contributed by atoms with van der Waals surface area (Å²) in [6.07, 6.45) is 1.34. The first-order valence-corrected chi connectivity index (χ1v) is 9.48. The number of piperidine rings is 1. The highest BCUT2D eigenvalue weighted by Gasteiger charge is 2.30. The van der Waals surface area contributed by atoms with Gasteiger partial charge in [0.2, 0.25) is 0 Å². The smallest absolute Gasteiger partial charge is 0.410 e. The second kappa shape index (κ2) is 9.54. The van der Waals surface area contributed by atoms with Crippen molar-refractivity contribution >= 4 is 29.3 Å². The van der Waals surface area contributed by atoms with Crippen molar-refractivity contribution in [2.24, 2.45) is 0 Å². The van der Waals surface area contributed by atoms with Gasteiger partial charge < -0.3 is 14.4 Å². The average Bonchev–Trinajstić information content (AvgIpc) is 2.57. The van der Waals surface area contributed by atoms with Crippen LogP contribution in [0.4, 0.5) is 4.79 Å². The molecule has 0 radical (unpaired) electrons. The minimum atomic E-state index is -0.479. The number of nitrogens with zero attached hydrogens (tertiary/aromatic N) is 1. The summed E-state index contributed by atoms with van der Waals surface area (Å²) in [5.74, 6) is 0.963. The molecule has 0 unspecified atom stereocenters. The summed E-state index contributed by atoms with van der Waals surface area (Å²) >= 11 is 12.5. The van der Waals surface area contributed by atoms with Gasteiger partial charge in [0.05, 0.1) is 17.2 Å². The van der Waals surface area contributed by atoms with Crippen LogP contribution in [0.2, 0.25) is 10.0 Å². The van der Waals surface area contributed by atoms with Crippen molar-refractivity contribution in [3.05, 3.63) is 27.7 Å². The molecule has 0 bridgehead atoms. The second-order valence-electron chi connectivity index (χ2n) is 6.72. The Bertz CT molecular complexity index is 577. The number of hydrogen-bond acceptors (Lipinski definition) is 3. The fraction of sp³-hybridized carbons (Fsp3) is 0.632. The Kier molecular flexibility index (Phi) is 8.36. The van der Waals surface area contributed by atoms with Crippen LogP contribution in [0.15, 0.2) is 12.1 Å². The average molecular weight is 390 g/mol. The predicted molar refractivity (Wildman–Crippen MR) is 104 cm³/mol. The lowest BCUT2D eigenvalue weighted by Gasteiger charge is -2.34.